The van der Waals surface area contributed by atoms with Crippen LogP contribution in [0.5, 0.6) is 0 Å². The second-order valence-corrected chi connectivity index (χ2v) is 5.29. The lowest BCUT2D eigenvalue weighted by molar-refractivity contribution is -0.116. The fourth-order valence-corrected chi connectivity index (χ4v) is 1.80. The minimum atomic E-state index is 0.0247. The Balaban J connectivity index is 2.35. The topological polar surface area (TPSA) is 41.1 Å². The van der Waals surface area contributed by atoms with Gasteiger partial charge in [-0.2, -0.15) is 0 Å². The van der Waals surface area contributed by atoms with Crippen molar-refractivity contribution in [2.24, 2.45) is 5.92 Å². The molecular formula is C14H21ClN2O. The normalized spacial score (nSPS) is 10.7. The fourth-order valence-electron chi connectivity index (χ4n) is 1.57. The Morgan fingerprint density at radius 3 is 2.72 bits per heavy atom. The molecule has 1 amide bonds. The molecule has 1 aromatic carbocycles. The fraction of sp³-hybridized carbons (Fsp3) is 0.500. The molecule has 0 aliphatic carbocycles. The van der Waals surface area contributed by atoms with E-state index in [4.69, 9.17) is 11.6 Å². The lowest BCUT2D eigenvalue weighted by Crippen LogP contribution is -2.25. The van der Waals surface area contributed by atoms with Crippen LogP contribution < -0.4 is 10.6 Å². The lowest BCUT2D eigenvalue weighted by Gasteiger charge is -2.10. The molecular weight excluding hydrogens is 248 g/mol. The highest BCUT2D eigenvalue weighted by Crippen LogP contribution is 2.19. The summed E-state index contributed by atoms with van der Waals surface area (Å²) in [4.78, 5) is 11.7. The molecule has 100 valence electrons. The number of amides is 1. The molecule has 0 aliphatic heterocycles. The van der Waals surface area contributed by atoms with Crippen molar-refractivity contribution in [3.63, 3.8) is 0 Å². The third kappa shape index (κ3) is 5.52. The van der Waals surface area contributed by atoms with Gasteiger partial charge in [0.1, 0.15) is 0 Å². The number of anilines is 1. The summed E-state index contributed by atoms with van der Waals surface area (Å²) in [7, 11) is 0. The predicted octanol–water partition coefficient (Wildman–Crippen LogP) is 3.22. The minimum absolute atomic E-state index is 0.0247. The molecule has 4 heteroatoms. The van der Waals surface area contributed by atoms with Gasteiger partial charge in [0.2, 0.25) is 5.91 Å². The number of halogens is 1. The molecule has 2 N–H and O–H groups in total. The predicted molar refractivity (Wildman–Crippen MR) is 77.1 cm³/mol. The van der Waals surface area contributed by atoms with E-state index in [0.29, 0.717) is 23.9 Å². The summed E-state index contributed by atoms with van der Waals surface area (Å²) < 4.78 is 0. The highest BCUT2D eigenvalue weighted by Gasteiger charge is 2.05. The van der Waals surface area contributed by atoms with Gasteiger partial charge in [0, 0.05) is 23.7 Å². The van der Waals surface area contributed by atoms with Gasteiger partial charge < -0.3 is 10.6 Å². The van der Waals surface area contributed by atoms with Crippen LogP contribution >= 0.6 is 11.6 Å². The van der Waals surface area contributed by atoms with Crippen molar-refractivity contribution in [2.45, 2.75) is 27.2 Å². The number of nitrogens with one attached hydrogen (secondary N) is 2. The molecule has 0 saturated heterocycles. The zero-order chi connectivity index (χ0) is 13.5. The van der Waals surface area contributed by atoms with Gasteiger partial charge in [0.25, 0.3) is 0 Å². The number of rotatable bonds is 6. The Morgan fingerprint density at radius 1 is 1.39 bits per heavy atom. The van der Waals surface area contributed by atoms with Crippen molar-refractivity contribution in [3.8, 4) is 0 Å². The van der Waals surface area contributed by atoms with E-state index >= 15 is 0 Å². The van der Waals surface area contributed by atoms with Crippen molar-refractivity contribution in [1.82, 2.24) is 5.32 Å². The summed E-state index contributed by atoms with van der Waals surface area (Å²) in [5, 5.41) is 6.82. The summed E-state index contributed by atoms with van der Waals surface area (Å²) in [5.41, 5.74) is 1.80. The molecule has 0 atom stereocenters. The summed E-state index contributed by atoms with van der Waals surface area (Å²) >= 11 is 5.86. The van der Waals surface area contributed by atoms with Gasteiger partial charge in [0.05, 0.1) is 0 Å². The lowest BCUT2D eigenvalue weighted by atomic mass is 10.2. The quantitative estimate of drug-likeness (QED) is 0.778. The first-order chi connectivity index (χ1) is 8.49. The monoisotopic (exact) mass is 268 g/mol. The van der Waals surface area contributed by atoms with E-state index in [0.717, 1.165) is 17.8 Å². The van der Waals surface area contributed by atoms with Crippen LogP contribution in [0.3, 0.4) is 0 Å². The van der Waals surface area contributed by atoms with Gasteiger partial charge in [0.15, 0.2) is 0 Å². The zero-order valence-electron chi connectivity index (χ0n) is 11.2. The molecule has 3 nitrogen and oxygen atoms in total. The van der Waals surface area contributed by atoms with Crippen LogP contribution in [-0.4, -0.2) is 19.0 Å². The third-order valence-electron chi connectivity index (χ3n) is 2.54. The van der Waals surface area contributed by atoms with Crippen molar-refractivity contribution < 1.29 is 4.79 Å². The van der Waals surface area contributed by atoms with Crippen LogP contribution in [-0.2, 0) is 4.79 Å². The smallest absolute Gasteiger partial charge is 0.225 e. The first-order valence-electron chi connectivity index (χ1n) is 6.25. The average molecular weight is 269 g/mol. The molecule has 0 bridgehead atoms. The Bertz CT molecular complexity index is 405. The molecule has 1 aromatic rings. The molecule has 0 heterocycles. The van der Waals surface area contributed by atoms with Gasteiger partial charge in [-0.25, -0.2) is 0 Å². The minimum Gasteiger partial charge on any atom is -0.326 e. The van der Waals surface area contributed by atoms with Crippen LogP contribution in [0.1, 0.15) is 25.8 Å². The number of benzene rings is 1. The van der Waals surface area contributed by atoms with E-state index < -0.39 is 0 Å². The molecule has 0 spiro atoms. The van der Waals surface area contributed by atoms with Crippen LogP contribution in [0.15, 0.2) is 18.2 Å². The summed E-state index contributed by atoms with van der Waals surface area (Å²) in [6.45, 7) is 7.86. The molecule has 1 rings (SSSR count). The van der Waals surface area contributed by atoms with Crippen molar-refractivity contribution in [2.75, 3.05) is 18.4 Å². The summed E-state index contributed by atoms with van der Waals surface area (Å²) in [5.74, 6) is 0.628. The van der Waals surface area contributed by atoms with Crippen molar-refractivity contribution >= 4 is 23.2 Å². The molecule has 0 saturated carbocycles. The Morgan fingerprint density at radius 2 is 2.11 bits per heavy atom. The number of carbonyl (C=O) groups is 1. The molecule has 0 unspecified atom stereocenters. The van der Waals surface area contributed by atoms with Crippen LogP contribution in [0.25, 0.3) is 0 Å². The SMILES string of the molecule is Cc1cc(Cl)ccc1NC(=O)CCNCC(C)C. The second kappa shape index (κ2) is 7.39. The van der Waals surface area contributed by atoms with Crippen molar-refractivity contribution in [3.05, 3.63) is 28.8 Å². The van der Waals surface area contributed by atoms with E-state index in [1.165, 1.54) is 0 Å². The highest BCUT2D eigenvalue weighted by atomic mass is 35.5. The molecule has 0 aliphatic rings. The maximum Gasteiger partial charge on any atom is 0.225 e. The Labute approximate surface area is 114 Å². The van der Waals surface area contributed by atoms with Gasteiger partial charge in [-0.1, -0.05) is 25.4 Å². The van der Waals surface area contributed by atoms with E-state index in [1.54, 1.807) is 6.07 Å². The molecule has 18 heavy (non-hydrogen) atoms. The third-order valence-corrected chi connectivity index (χ3v) is 2.78. The summed E-state index contributed by atoms with van der Waals surface area (Å²) in [6.07, 6.45) is 0.481. The zero-order valence-corrected chi connectivity index (χ0v) is 12.0. The standard InChI is InChI=1S/C14H21ClN2O/c1-10(2)9-16-7-6-14(18)17-13-5-4-12(15)8-11(13)3/h4-5,8,10,16H,6-7,9H2,1-3H3,(H,17,18). The van der Waals surface area contributed by atoms with Crippen LogP contribution in [0.4, 0.5) is 5.69 Å². The van der Waals surface area contributed by atoms with Crippen LogP contribution in [0, 0.1) is 12.8 Å². The Hall–Kier alpha value is -1.06. The average Bonchev–Trinajstić information content (AvgIpc) is 2.28. The Kier molecular flexibility index (Phi) is 6.16. The van der Waals surface area contributed by atoms with E-state index in [-0.39, 0.29) is 5.91 Å². The first-order valence-corrected chi connectivity index (χ1v) is 6.63. The highest BCUT2D eigenvalue weighted by molar-refractivity contribution is 6.30. The van der Waals surface area contributed by atoms with Crippen LogP contribution in [0.2, 0.25) is 5.02 Å². The maximum absolute atomic E-state index is 11.7. The van der Waals surface area contributed by atoms with Gasteiger partial charge in [-0.15, -0.1) is 0 Å². The van der Waals surface area contributed by atoms with Crippen molar-refractivity contribution in [1.29, 1.82) is 0 Å². The number of aryl methyl sites for hydroxylation is 1. The molecule has 0 radical (unpaired) electrons. The first kappa shape index (κ1) is 15.0. The van der Waals surface area contributed by atoms with Gasteiger partial charge in [-0.3, -0.25) is 4.79 Å². The number of hydrogen-bond donors (Lipinski definition) is 2. The molecule has 0 fully saturated rings. The maximum atomic E-state index is 11.7. The second-order valence-electron chi connectivity index (χ2n) is 4.86. The van der Waals surface area contributed by atoms with E-state index in [1.807, 2.05) is 19.1 Å². The molecule has 0 aromatic heterocycles. The largest absolute Gasteiger partial charge is 0.326 e. The van der Waals surface area contributed by atoms with Gasteiger partial charge >= 0.3 is 0 Å². The van der Waals surface area contributed by atoms with E-state index in [2.05, 4.69) is 24.5 Å². The van der Waals surface area contributed by atoms with E-state index in [9.17, 15) is 4.79 Å². The summed E-state index contributed by atoms with van der Waals surface area (Å²) in [6, 6.07) is 5.45. The number of carbonyl (C=O) groups excluding carboxylic acids is 1. The number of hydrogen-bond acceptors (Lipinski definition) is 2. The van der Waals surface area contributed by atoms with Gasteiger partial charge in [-0.05, 0) is 43.1 Å².